The summed E-state index contributed by atoms with van der Waals surface area (Å²) in [7, 11) is 0. The van der Waals surface area contributed by atoms with Crippen molar-refractivity contribution < 1.29 is 0 Å². The molecule has 0 aliphatic rings. The summed E-state index contributed by atoms with van der Waals surface area (Å²) in [6.45, 7) is 0. The van der Waals surface area contributed by atoms with Crippen LogP contribution in [0.1, 0.15) is 0 Å². The molecule has 0 atom stereocenters. The quantitative estimate of drug-likeness (QED) is 0.426. The van der Waals surface area contributed by atoms with Crippen LogP contribution in [-0.2, 0) is 0 Å². The molecule has 2 aromatic heterocycles. The van der Waals surface area contributed by atoms with Gasteiger partial charge in [0.2, 0.25) is 5.95 Å². The summed E-state index contributed by atoms with van der Waals surface area (Å²) < 4.78 is 2.91. The summed E-state index contributed by atoms with van der Waals surface area (Å²) in [6, 6.07) is 15.9. The van der Waals surface area contributed by atoms with E-state index in [1.54, 1.807) is 0 Å². The van der Waals surface area contributed by atoms with Crippen molar-refractivity contribution in [3.8, 4) is 11.3 Å². The van der Waals surface area contributed by atoms with Gasteiger partial charge in [-0.3, -0.25) is 9.83 Å². The molecule has 3 N–H and O–H groups in total. The summed E-state index contributed by atoms with van der Waals surface area (Å²) in [6.07, 6.45) is 1.94. The molecule has 0 amide bonds. The van der Waals surface area contributed by atoms with Gasteiger partial charge in [-0.2, -0.15) is 0 Å². The highest BCUT2D eigenvalue weighted by Crippen LogP contribution is 2.26. The van der Waals surface area contributed by atoms with Crippen LogP contribution in [0.4, 0.5) is 5.95 Å². The third-order valence-corrected chi connectivity index (χ3v) is 4.10. The Morgan fingerprint density at radius 3 is 2.55 bits per heavy atom. The molecule has 2 aromatic carbocycles. The fraction of sp³-hybridized carbons (Fsp3) is 0. The van der Waals surface area contributed by atoms with E-state index in [0.717, 1.165) is 32.3 Å². The number of nitrogens with two attached hydrogens (primary N) is 1. The lowest BCUT2D eigenvalue weighted by Crippen LogP contribution is -2.12. The molecule has 0 saturated heterocycles. The predicted molar refractivity (Wildman–Crippen MR) is 91.4 cm³/mol. The second-order valence-corrected chi connectivity index (χ2v) is 5.84. The third kappa shape index (κ3) is 2.04. The number of imidazole rings is 1. The van der Waals surface area contributed by atoms with Crippen molar-refractivity contribution in [2.75, 3.05) is 5.43 Å². The molecule has 0 bridgehead atoms. The highest BCUT2D eigenvalue weighted by Gasteiger charge is 2.12. The monoisotopic (exact) mass is 353 g/mol. The van der Waals surface area contributed by atoms with E-state index in [-0.39, 0.29) is 0 Å². The van der Waals surface area contributed by atoms with E-state index in [2.05, 4.69) is 26.3 Å². The largest absolute Gasteiger partial charge is 0.293 e. The number of rotatable bonds is 2. The summed E-state index contributed by atoms with van der Waals surface area (Å²) in [4.78, 5) is 9.28. The molecule has 4 aromatic rings. The number of hydrogen-bond acceptors (Lipinski definition) is 4. The van der Waals surface area contributed by atoms with Crippen LogP contribution in [0.3, 0.4) is 0 Å². The zero-order valence-electron chi connectivity index (χ0n) is 11.5. The van der Waals surface area contributed by atoms with Crippen LogP contribution >= 0.6 is 15.9 Å². The predicted octanol–water partition coefficient (Wildman–Crippen LogP) is 3.60. The molecule has 22 heavy (non-hydrogen) atoms. The smallest absolute Gasteiger partial charge is 0.223 e. The molecule has 0 aliphatic heterocycles. The summed E-state index contributed by atoms with van der Waals surface area (Å²) >= 11 is 3.45. The van der Waals surface area contributed by atoms with Gasteiger partial charge in [0.05, 0.1) is 11.2 Å². The van der Waals surface area contributed by atoms with Crippen LogP contribution in [0, 0.1) is 0 Å². The Morgan fingerprint density at radius 2 is 1.77 bits per heavy atom. The SMILES string of the molecule is NNc1nc2ccccc2c2nc(-c3ccc(Br)cc3)cn12. The van der Waals surface area contributed by atoms with Gasteiger partial charge in [-0.05, 0) is 24.3 Å². The summed E-state index contributed by atoms with van der Waals surface area (Å²) in [5.41, 5.74) is 6.25. The van der Waals surface area contributed by atoms with Crippen molar-refractivity contribution in [1.82, 2.24) is 14.4 Å². The number of hydrogen-bond donors (Lipinski definition) is 2. The molecule has 2 heterocycles. The van der Waals surface area contributed by atoms with Crippen LogP contribution in [0.25, 0.3) is 27.8 Å². The molecule has 6 heteroatoms. The van der Waals surface area contributed by atoms with Crippen molar-refractivity contribution in [3.63, 3.8) is 0 Å². The Labute approximate surface area is 134 Å². The molecule has 0 fully saturated rings. The van der Waals surface area contributed by atoms with E-state index >= 15 is 0 Å². The molecule has 108 valence electrons. The summed E-state index contributed by atoms with van der Waals surface area (Å²) in [5, 5.41) is 0.991. The molecule has 0 aliphatic carbocycles. The van der Waals surface area contributed by atoms with E-state index in [1.807, 2.05) is 59.1 Å². The van der Waals surface area contributed by atoms with E-state index < -0.39 is 0 Å². The molecular weight excluding hydrogens is 342 g/mol. The number of nitrogens with zero attached hydrogens (tertiary/aromatic N) is 3. The minimum absolute atomic E-state index is 0.560. The number of para-hydroxylation sites is 1. The first-order chi connectivity index (χ1) is 10.8. The fourth-order valence-electron chi connectivity index (χ4n) is 2.52. The Hall–Kier alpha value is -2.44. The van der Waals surface area contributed by atoms with Gasteiger partial charge < -0.3 is 0 Å². The maximum absolute atomic E-state index is 5.61. The van der Waals surface area contributed by atoms with Gasteiger partial charge in [0.1, 0.15) is 5.65 Å². The highest BCUT2D eigenvalue weighted by molar-refractivity contribution is 9.10. The average molecular weight is 354 g/mol. The number of fused-ring (bicyclic) bond motifs is 3. The lowest BCUT2D eigenvalue weighted by atomic mass is 10.2. The minimum atomic E-state index is 0.560. The molecule has 0 radical (unpaired) electrons. The number of nitrogens with one attached hydrogen (secondary N) is 1. The second-order valence-electron chi connectivity index (χ2n) is 4.92. The number of halogens is 1. The first-order valence-corrected chi connectivity index (χ1v) is 7.56. The fourth-order valence-corrected chi connectivity index (χ4v) is 2.79. The van der Waals surface area contributed by atoms with Gasteiger partial charge in [0.15, 0.2) is 0 Å². The lowest BCUT2D eigenvalue weighted by molar-refractivity contribution is 1.08. The molecule has 4 rings (SSSR count). The van der Waals surface area contributed by atoms with Crippen molar-refractivity contribution in [3.05, 3.63) is 59.2 Å². The van der Waals surface area contributed by atoms with Gasteiger partial charge in [-0.15, -0.1) is 0 Å². The van der Waals surface area contributed by atoms with E-state index in [4.69, 9.17) is 10.8 Å². The Morgan fingerprint density at radius 1 is 1.00 bits per heavy atom. The molecule has 0 saturated carbocycles. The normalized spacial score (nSPS) is 11.2. The van der Waals surface area contributed by atoms with Gasteiger partial charge in [-0.25, -0.2) is 15.8 Å². The van der Waals surface area contributed by atoms with Gasteiger partial charge in [-0.1, -0.05) is 40.2 Å². The first kappa shape index (κ1) is 13.2. The Bertz CT molecular complexity index is 975. The molecule has 5 nitrogen and oxygen atoms in total. The Kier molecular flexibility index (Phi) is 3.06. The second kappa shape index (κ2) is 5.08. The first-order valence-electron chi connectivity index (χ1n) is 6.76. The average Bonchev–Trinajstić information content (AvgIpc) is 3.00. The van der Waals surface area contributed by atoms with Crippen molar-refractivity contribution in [2.24, 2.45) is 5.84 Å². The van der Waals surface area contributed by atoms with Gasteiger partial charge in [0.25, 0.3) is 0 Å². The minimum Gasteiger partial charge on any atom is -0.293 e. The maximum Gasteiger partial charge on any atom is 0.223 e. The number of hydrazine groups is 1. The number of aromatic nitrogens is 3. The highest BCUT2D eigenvalue weighted by atomic mass is 79.9. The zero-order chi connectivity index (χ0) is 15.1. The number of anilines is 1. The van der Waals surface area contributed by atoms with Crippen molar-refractivity contribution >= 4 is 38.4 Å². The topological polar surface area (TPSA) is 68.2 Å². The van der Waals surface area contributed by atoms with Crippen LogP contribution in [0.2, 0.25) is 0 Å². The van der Waals surface area contributed by atoms with E-state index in [9.17, 15) is 0 Å². The van der Waals surface area contributed by atoms with Crippen molar-refractivity contribution in [1.29, 1.82) is 0 Å². The molecular formula is C16H12BrN5. The molecule has 0 spiro atoms. The standard InChI is InChI=1S/C16H12BrN5/c17-11-7-5-10(6-8-11)14-9-22-15(19-14)12-3-1-2-4-13(12)20-16(22)21-18/h1-9H,18H2,(H,20,21). The lowest BCUT2D eigenvalue weighted by Gasteiger charge is -2.05. The van der Waals surface area contributed by atoms with Gasteiger partial charge in [0, 0.05) is 21.6 Å². The zero-order valence-corrected chi connectivity index (χ0v) is 13.1. The molecule has 0 unspecified atom stereocenters. The van der Waals surface area contributed by atoms with Gasteiger partial charge >= 0.3 is 0 Å². The summed E-state index contributed by atoms with van der Waals surface area (Å²) in [5.74, 6) is 6.17. The Balaban J connectivity index is 2.03. The number of benzene rings is 2. The van der Waals surface area contributed by atoms with E-state index in [0.29, 0.717) is 5.95 Å². The third-order valence-electron chi connectivity index (χ3n) is 3.57. The van der Waals surface area contributed by atoms with Crippen LogP contribution in [0.5, 0.6) is 0 Å². The van der Waals surface area contributed by atoms with Crippen molar-refractivity contribution in [2.45, 2.75) is 0 Å². The van der Waals surface area contributed by atoms with Crippen LogP contribution in [-0.4, -0.2) is 14.4 Å². The maximum atomic E-state index is 5.61. The number of nitrogen functional groups attached to an aromatic ring is 1. The van der Waals surface area contributed by atoms with Crippen LogP contribution < -0.4 is 11.3 Å². The van der Waals surface area contributed by atoms with E-state index in [1.165, 1.54) is 0 Å². The van der Waals surface area contributed by atoms with Crippen LogP contribution in [0.15, 0.2) is 59.2 Å².